The van der Waals surface area contributed by atoms with Crippen molar-refractivity contribution < 1.29 is 9.90 Å². The number of carbonyl (C=O) groups excluding carboxylic acids is 1. The van der Waals surface area contributed by atoms with Crippen LogP contribution < -0.4 is 0 Å². The lowest BCUT2D eigenvalue weighted by atomic mass is 10.00. The number of hydrogen-bond donors (Lipinski definition) is 1. The van der Waals surface area contributed by atoms with E-state index in [0.29, 0.717) is 6.42 Å². The Labute approximate surface area is 78.2 Å². The van der Waals surface area contributed by atoms with Crippen molar-refractivity contribution in [2.24, 2.45) is 0 Å². The molecule has 0 aliphatic carbocycles. The summed E-state index contributed by atoms with van der Waals surface area (Å²) >= 11 is 0. The van der Waals surface area contributed by atoms with Gasteiger partial charge >= 0.3 is 0 Å². The summed E-state index contributed by atoms with van der Waals surface area (Å²) in [6.07, 6.45) is 1.28. The van der Waals surface area contributed by atoms with Crippen molar-refractivity contribution in [1.29, 1.82) is 0 Å². The molecule has 0 fully saturated rings. The second-order valence-corrected chi connectivity index (χ2v) is 2.97. The molecule has 0 atom stereocenters. The van der Waals surface area contributed by atoms with Gasteiger partial charge < -0.3 is 5.11 Å². The number of aryl methyl sites for hydroxylation is 1. The number of rotatable bonds is 3. The average molecular weight is 178 g/mol. The van der Waals surface area contributed by atoms with Gasteiger partial charge in [0, 0.05) is 12.0 Å². The van der Waals surface area contributed by atoms with Gasteiger partial charge in [-0.1, -0.05) is 13.8 Å². The van der Waals surface area contributed by atoms with Gasteiger partial charge in [0.05, 0.1) is 0 Å². The first-order chi connectivity index (χ1) is 6.19. The minimum atomic E-state index is 0.136. The van der Waals surface area contributed by atoms with E-state index in [-0.39, 0.29) is 11.5 Å². The van der Waals surface area contributed by atoms with Crippen LogP contribution in [0.3, 0.4) is 0 Å². The molecule has 0 radical (unpaired) electrons. The molecule has 0 amide bonds. The number of aromatic hydroxyl groups is 1. The highest BCUT2D eigenvalue weighted by Crippen LogP contribution is 2.18. The number of phenols is 1. The Hall–Kier alpha value is -1.31. The van der Waals surface area contributed by atoms with Crippen LogP contribution in [0.4, 0.5) is 0 Å². The molecular formula is C11H14O2. The second-order valence-electron chi connectivity index (χ2n) is 2.97. The first-order valence-electron chi connectivity index (χ1n) is 4.54. The minimum absolute atomic E-state index is 0.136. The van der Waals surface area contributed by atoms with Crippen molar-refractivity contribution in [1.82, 2.24) is 0 Å². The molecule has 1 aromatic rings. The average Bonchev–Trinajstić information content (AvgIpc) is 2.16. The van der Waals surface area contributed by atoms with Crippen LogP contribution in [-0.4, -0.2) is 10.9 Å². The number of phenolic OH excluding ortho intramolecular Hbond substituents is 1. The lowest BCUT2D eigenvalue weighted by Gasteiger charge is -2.05. The summed E-state index contributed by atoms with van der Waals surface area (Å²) in [5.41, 5.74) is 1.66. The first-order valence-corrected chi connectivity index (χ1v) is 4.54. The number of carbonyl (C=O) groups is 1. The van der Waals surface area contributed by atoms with E-state index in [1.807, 2.05) is 13.8 Å². The number of ketones is 1. The van der Waals surface area contributed by atoms with E-state index >= 15 is 0 Å². The minimum Gasteiger partial charge on any atom is -0.508 e. The molecule has 0 bridgehead atoms. The fourth-order valence-electron chi connectivity index (χ4n) is 1.34. The summed E-state index contributed by atoms with van der Waals surface area (Å²) in [5, 5.41) is 9.21. The van der Waals surface area contributed by atoms with E-state index < -0.39 is 0 Å². The van der Waals surface area contributed by atoms with Crippen molar-refractivity contribution in [3.63, 3.8) is 0 Å². The maximum atomic E-state index is 11.4. The van der Waals surface area contributed by atoms with Gasteiger partial charge in [-0.2, -0.15) is 0 Å². The van der Waals surface area contributed by atoms with Crippen molar-refractivity contribution in [3.05, 3.63) is 29.3 Å². The molecule has 2 heteroatoms. The van der Waals surface area contributed by atoms with Crippen LogP contribution in [-0.2, 0) is 6.42 Å². The van der Waals surface area contributed by atoms with E-state index in [4.69, 9.17) is 0 Å². The van der Waals surface area contributed by atoms with Crippen LogP contribution in [0.25, 0.3) is 0 Å². The largest absolute Gasteiger partial charge is 0.508 e. The highest BCUT2D eigenvalue weighted by Gasteiger charge is 2.08. The number of Topliss-reactive ketones (excluding diaryl/α,β-unsaturated/α-hetero) is 1. The molecular weight excluding hydrogens is 164 g/mol. The molecule has 0 spiro atoms. The molecule has 70 valence electrons. The normalized spacial score (nSPS) is 10.0. The Morgan fingerprint density at radius 2 is 2.08 bits per heavy atom. The quantitative estimate of drug-likeness (QED) is 0.722. The molecule has 0 aliphatic heterocycles. The fraction of sp³-hybridized carbons (Fsp3) is 0.364. The highest BCUT2D eigenvalue weighted by molar-refractivity contribution is 5.97. The smallest absolute Gasteiger partial charge is 0.162 e. The van der Waals surface area contributed by atoms with Crippen LogP contribution in [0.5, 0.6) is 5.75 Å². The first kappa shape index (κ1) is 9.78. The van der Waals surface area contributed by atoms with Gasteiger partial charge in [0.1, 0.15) is 5.75 Å². The number of benzene rings is 1. The Kier molecular flexibility index (Phi) is 3.07. The number of hydrogen-bond acceptors (Lipinski definition) is 2. The summed E-state index contributed by atoms with van der Waals surface area (Å²) < 4.78 is 0. The van der Waals surface area contributed by atoms with Gasteiger partial charge in [-0.25, -0.2) is 0 Å². The van der Waals surface area contributed by atoms with Gasteiger partial charge in [-0.15, -0.1) is 0 Å². The fourth-order valence-corrected chi connectivity index (χ4v) is 1.34. The third-order valence-electron chi connectivity index (χ3n) is 2.09. The highest BCUT2D eigenvalue weighted by atomic mass is 16.3. The van der Waals surface area contributed by atoms with Gasteiger partial charge in [0.25, 0.3) is 0 Å². The van der Waals surface area contributed by atoms with E-state index in [0.717, 1.165) is 17.5 Å². The van der Waals surface area contributed by atoms with Crippen molar-refractivity contribution in [3.8, 4) is 5.75 Å². The molecule has 0 saturated carbocycles. The van der Waals surface area contributed by atoms with Gasteiger partial charge in [0.2, 0.25) is 0 Å². The molecule has 0 heterocycles. The van der Waals surface area contributed by atoms with Crippen molar-refractivity contribution >= 4 is 5.78 Å². The molecule has 0 aliphatic rings. The lowest BCUT2D eigenvalue weighted by molar-refractivity contribution is 0.0987. The van der Waals surface area contributed by atoms with Gasteiger partial charge in [-0.05, 0) is 30.2 Å². The van der Waals surface area contributed by atoms with Crippen LogP contribution >= 0.6 is 0 Å². The van der Waals surface area contributed by atoms with E-state index in [1.54, 1.807) is 18.2 Å². The molecule has 0 aromatic heterocycles. The topological polar surface area (TPSA) is 37.3 Å². The standard InChI is InChI=1S/C11H14O2/c1-3-8-7-9(12)5-6-10(8)11(13)4-2/h5-7,12H,3-4H2,1-2H3. The zero-order valence-electron chi connectivity index (χ0n) is 8.00. The lowest BCUT2D eigenvalue weighted by Crippen LogP contribution is -2.01. The second kappa shape index (κ2) is 4.08. The molecule has 2 nitrogen and oxygen atoms in total. The van der Waals surface area contributed by atoms with Crippen LogP contribution in [0.1, 0.15) is 36.2 Å². The zero-order valence-corrected chi connectivity index (χ0v) is 8.00. The van der Waals surface area contributed by atoms with Crippen molar-refractivity contribution in [2.45, 2.75) is 26.7 Å². The SMILES string of the molecule is CCC(=O)c1ccc(O)cc1CC. The third-order valence-corrected chi connectivity index (χ3v) is 2.09. The Morgan fingerprint density at radius 3 is 2.62 bits per heavy atom. The van der Waals surface area contributed by atoms with E-state index in [9.17, 15) is 9.90 Å². The zero-order chi connectivity index (χ0) is 9.84. The molecule has 1 aromatic carbocycles. The van der Waals surface area contributed by atoms with E-state index in [2.05, 4.69) is 0 Å². The predicted molar refractivity (Wildman–Crippen MR) is 52.1 cm³/mol. The van der Waals surface area contributed by atoms with Crippen LogP contribution in [0.2, 0.25) is 0 Å². The molecule has 13 heavy (non-hydrogen) atoms. The van der Waals surface area contributed by atoms with Crippen LogP contribution in [0.15, 0.2) is 18.2 Å². The summed E-state index contributed by atoms with van der Waals surface area (Å²) in [7, 11) is 0. The Bertz CT molecular complexity index is 316. The maximum absolute atomic E-state index is 11.4. The van der Waals surface area contributed by atoms with Gasteiger partial charge in [-0.3, -0.25) is 4.79 Å². The Morgan fingerprint density at radius 1 is 1.38 bits per heavy atom. The van der Waals surface area contributed by atoms with Crippen molar-refractivity contribution in [2.75, 3.05) is 0 Å². The van der Waals surface area contributed by atoms with Crippen LogP contribution in [0, 0.1) is 0 Å². The maximum Gasteiger partial charge on any atom is 0.162 e. The summed E-state index contributed by atoms with van der Waals surface area (Å²) in [4.78, 5) is 11.4. The Balaban J connectivity index is 3.13. The molecule has 1 rings (SSSR count). The predicted octanol–water partition coefficient (Wildman–Crippen LogP) is 2.55. The van der Waals surface area contributed by atoms with E-state index in [1.165, 1.54) is 0 Å². The summed E-state index contributed by atoms with van der Waals surface area (Å²) in [6, 6.07) is 4.91. The molecule has 0 saturated heterocycles. The summed E-state index contributed by atoms with van der Waals surface area (Å²) in [5.74, 6) is 0.362. The molecule has 0 unspecified atom stereocenters. The van der Waals surface area contributed by atoms with Gasteiger partial charge in [0.15, 0.2) is 5.78 Å². The summed E-state index contributed by atoms with van der Waals surface area (Å²) in [6.45, 7) is 3.82. The third kappa shape index (κ3) is 2.08. The molecule has 1 N–H and O–H groups in total. The monoisotopic (exact) mass is 178 g/mol.